The highest BCUT2D eigenvalue weighted by molar-refractivity contribution is 6.31. The molecule has 0 radical (unpaired) electrons. The van der Waals surface area contributed by atoms with Gasteiger partial charge in [0.1, 0.15) is 34.0 Å². The van der Waals surface area contributed by atoms with E-state index in [4.69, 9.17) is 9.26 Å². The van der Waals surface area contributed by atoms with Crippen LogP contribution in [0, 0.1) is 6.92 Å². The van der Waals surface area contributed by atoms with E-state index < -0.39 is 28.5 Å². The average Bonchev–Trinajstić information content (AvgIpc) is 3.45. The van der Waals surface area contributed by atoms with Gasteiger partial charge in [-0.25, -0.2) is 0 Å². The monoisotopic (exact) mass is 501 g/mol. The summed E-state index contributed by atoms with van der Waals surface area (Å²) in [5.74, 6) is -2.04. The number of Topliss-reactive ketones (excluding diaryl/α,β-unsaturated/α-hetero) is 2. The first kappa shape index (κ1) is 24.0. The molecule has 0 spiro atoms. The fourth-order valence-electron chi connectivity index (χ4n) is 4.69. The Morgan fingerprint density at radius 2 is 1.81 bits per heavy atom. The van der Waals surface area contributed by atoms with Crippen molar-refractivity contribution in [2.24, 2.45) is 0 Å². The number of fused-ring (bicyclic) bond motifs is 3. The van der Waals surface area contributed by atoms with Gasteiger partial charge in [-0.3, -0.25) is 14.4 Å². The van der Waals surface area contributed by atoms with Gasteiger partial charge in [-0.1, -0.05) is 23.4 Å². The Morgan fingerprint density at radius 3 is 2.49 bits per heavy atom. The Hall–Kier alpha value is -4.73. The summed E-state index contributed by atoms with van der Waals surface area (Å²) in [4.78, 5) is 43.5. The summed E-state index contributed by atoms with van der Waals surface area (Å²) in [5.41, 5.74) is -0.781. The molecule has 0 bridgehead atoms. The molecule has 3 N–H and O–H groups in total. The topological polar surface area (TPSA) is 152 Å². The number of phenols is 2. The first-order chi connectivity index (χ1) is 17.6. The summed E-state index contributed by atoms with van der Waals surface area (Å²) in [6.07, 6.45) is 1.17. The van der Waals surface area contributed by atoms with Gasteiger partial charge in [0.2, 0.25) is 0 Å². The normalized spacial score (nSPS) is 19.6. The van der Waals surface area contributed by atoms with Crippen LogP contribution in [0.25, 0.3) is 11.5 Å². The smallest absolute Gasteiger partial charge is 0.257 e. The van der Waals surface area contributed by atoms with E-state index in [9.17, 15) is 24.6 Å². The van der Waals surface area contributed by atoms with Crippen LogP contribution in [-0.2, 0) is 21.5 Å². The number of aromatic nitrogens is 2. The van der Waals surface area contributed by atoms with Crippen LogP contribution in [0.5, 0.6) is 17.2 Å². The highest BCUT2D eigenvalue weighted by atomic mass is 16.5. The largest absolute Gasteiger partial charge is 0.507 e. The van der Waals surface area contributed by atoms with Crippen LogP contribution in [0.2, 0.25) is 0 Å². The second kappa shape index (κ2) is 8.44. The predicted octanol–water partition coefficient (Wildman–Crippen LogP) is 3.41. The molecule has 0 saturated heterocycles. The van der Waals surface area contributed by atoms with Gasteiger partial charge in [-0.2, -0.15) is 4.98 Å². The Bertz CT molecular complexity index is 1570. The number of nitrogens with zero attached hydrogens (tertiary/aromatic N) is 2. The van der Waals surface area contributed by atoms with Crippen LogP contribution < -0.4 is 10.1 Å². The van der Waals surface area contributed by atoms with Gasteiger partial charge in [0.15, 0.2) is 23.2 Å². The number of ether oxygens (including phenoxy) is 1. The molecular weight excluding hydrogens is 478 g/mol. The van der Waals surface area contributed by atoms with Crippen LogP contribution in [-0.4, -0.2) is 37.7 Å². The van der Waals surface area contributed by atoms with E-state index in [1.54, 1.807) is 6.92 Å². The summed E-state index contributed by atoms with van der Waals surface area (Å²) in [6, 6.07) is 9.23. The lowest BCUT2D eigenvalue weighted by Gasteiger charge is -2.29. The number of nitrogens with one attached hydrogen (secondary N) is 1. The molecule has 2 aliphatic rings. The predicted molar refractivity (Wildman–Crippen MR) is 130 cm³/mol. The molecule has 1 unspecified atom stereocenters. The summed E-state index contributed by atoms with van der Waals surface area (Å²) < 4.78 is 11.1. The Labute approximate surface area is 211 Å². The van der Waals surface area contributed by atoms with Gasteiger partial charge in [-0.15, -0.1) is 0 Å². The molecule has 10 heteroatoms. The van der Waals surface area contributed by atoms with Gasteiger partial charge in [-0.05, 0) is 39.8 Å². The third kappa shape index (κ3) is 3.52. The molecule has 0 fully saturated rings. The van der Waals surface area contributed by atoms with Crippen molar-refractivity contribution in [2.75, 3.05) is 0 Å². The first-order valence-electron chi connectivity index (χ1n) is 11.5. The molecule has 37 heavy (non-hydrogen) atoms. The zero-order chi connectivity index (χ0) is 26.6. The number of phenolic OH excluding ortho intramolecular Hbond substituents is 2. The van der Waals surface area contributed by atoms with Crippen molar-refractivity contribution >= 4 is 17.3 Å². The lowest BCUT2D eigenvalue weighted by molar-refractivity contribution is -0.123. The maximum Gasteiger partial charge on any atom is 0.257 e. The van der Waals surface area contributed by atoms with Gasteiger partial charge in [0.05, 0.1) is 17.7 Å². The first-order valence-corrected chi connectivity index (χ1v) is 11.5. The fourth-order valence-corrected chi connectivity index (χ4v) is 4.69. The van der Waals surface area contributed by atoms with Gasteiger partial charge in [0, 0.05) is 22.9 Å². The van der Waals surface area contributed by atoms with Gasteiger partial charge >= 0.3 is 0 Å². The zero-order valence-electron chi connectivity index (χ0n) is 20.5. The molecule has 188 valence electrons. The van der Waals surface area contributed by atoms with Crippen molar-refractivity contribution in [2.45, 2.75) is 39.7 Å². The standard InChI is InChI=1S/C27H23N3O7/c1-12-22(33)20(14(3)31)24-21(23(12)34)27(4)17(36-24)10-16(32)19(25(27)35)13(2)28-11-18-29-26(37-30-18)15-8-6-5-7-9-15/h5-10,28,33-34H,11H2,1-4H3. The highest BCUT2D eigenvalue weighted by Crippen LogP contribution is 2.57. The molecule has 1 aliphatic heterocycles. The van der Waals surface area contributed by atoms with E-state index in [1.807, 2.05) is 30.3 Å². The molecule has 2 aromatic carbocycles. The molecule has 10 nitrogen and oxygen atoms in total. The maximum atomic E-state index is 13.8. The third-order valence-electron chi connectivity index (χ3n) is 6.76. The summed E-state index contributed by atoms with van der Waals surface area (Å²) in [5, 5.41) is 28.3. The zero-order valence-corrected chi connectivity index (χ0v) is 20.5. The van der Waals surface area contributed by atoms with E-state index >= 15 is 0 Å². The SMILES string of the molecule is CC(=O)c1c(O)c(C)c(O)c2c1OC1=CC(=O)C(=C(C)NCc3noc(-c4ccccc4)n3)C(=O)C12C. The van der Waals surface area contributed by atoms with E-state index in [2.05, 4.69) is 15.5 Å². The minimum Gasteiger partial charge on any atom is -0.507 e. The molecule has 1 aromatic heterocycles. The summed E-state index contributed by atoms with van der Waals surface area (Å²) in [6.45, 7) is 5.84. The van der Waals surface area contributed by atoms with Crippen LogP contribution in [0.3, 0.4) is 0 Å². The third-order valence-corrected chi connectivity index (χ3v) is 6.76. The fraction of sp³-hybridized carbons (Fsp3) is 0.222. The van der Waals surface area contributed by atoms with E-state index in [-0.39, 0.29) is 51.8 Å². The maximum absolute atomic E-state index is 13.8. The summed E-state index contributed by atoms with van der Waals surface area (Å²) >= 11 is 0. The highest BCUT2D eigenvalue weighted by Gasteiger charge is 2.56. The number of carbonyl (C=O) groups excluding carboxylic acids is 3. The lowest BCUT2D eigenvalue weighted by atomic mass is 9.70. The Balaban J connectivity index is 1.51. The number of allylic oxidation sites excluding steroid dienone is 4. The summed E-state index contributed by atoms with van der Waals surface area (Å²) in [7, 11) is 0. The lowest BCUT2D eigenvalue weighted by Crippen LogP contribution is -2.41. The molecule has 1 aliphatic carbocycles. The molecule has 5 rings (SSSR count). The number of benzene rings is 2. The number of hydrogen-bond acceptors (Lipinski definition) is 10. The molecule has 0 amide bonds. The number of carbonyl (C=O) groups is 3. The van der Waals surface area contributed by atoms with Crippen LogP contribution >= 0.6 is 0 Å². The van der Waals surface area contributed by atoms with Crippen molar-refractivity contribution in [3.05, 3.63) is 76.0 Å². The van der Waals surface area contributed by atoms with E-state index in [0.29, 0.717) is 11.7 Å². The second-order valence-electron chi connectivity index (χ2n) is 9.12. The quantitative estimate of drug-likeness (QED) is 0.269. The van der Waals surface area contributed by atoms with Crippen LogP contribution in [0.15, 0.2) is 58.0 Å². The molecule has 1 atom stereocenters. The Kier molecular flexibility index (Phi) is 5.47. The van der Waals surface area contributed by atoms with Gasteiger partial charge < -0.3 is 24.8 Å². The van der Waals surface area contributed by atoms with Crippen molar-refractivity contribution in [3.63, 3.8) is 0 Å². The van der Waals surface area contributed by atoms with Crippen molar-refractivity contribution < 1.29 is 33.9 Å². The average molecular weight is 501 g/mol. The number of rotatable bonds is 5. The number of ketones is 3. The minimum absolute atomic E-state index is 0.0254. The molecular formula is C27H23N3O7. The number of aromatic hydroxyl groups is 2. The molecule has 3 aromatic rings. The van der Waals surface area contributed by atoms with Crippen molar-refractivity contribution in [1.29, 1.82) is 0 Å². The van der Waals surface area contributed by atoms with Crippen LogP contribution in [0.4, 0.5) is 0 Å². The minimum atomic E-state index is -1.58. The molecule has 2 heterocycles. The van der Waals surface area contributed by atoms with Gasteiger partial charge in [0.25, 0.3) is 5.89 Å². The Morgan fingerprint density at radius 1 is 1.11 bits per heavy atom. The van der Waals surface area contributed by atoms with Crippen molar-refractivity contribution in [1.82, 2.24) is 15.5 Å². The molecule has 0 saturated carbocycles. The van der Waals surface area contributed by atoms with E-state index in [1.165, 1.54) is 26.8 Å². The van der Waals surface area contributed by atoms with Crippen LogP contribution in [0.1, 0.15) is 48.1 Å². The second-order valence-corrected chi connectivity index (χ2v) is 9.12. The van der Waals surface area contributed by atoms with E-state index in [0.717, 1.165) is 5.56 Å². The van der Waals surface area contributed by atoms with Crippen molar-refractivity contribution in [3.8, 4) is 28.7 Å². The number of hydrogen-bond donors (Lipinski definition) is 3.